The van der Waals surface area contributed by atoms with Crippen molar-refractivity contribution in [2.75, 3.05) is 26.8 Å². The summed E-state index contributed by atoms with van der Waals surface area (Å²) in [7, 11) is 2.01. The molecule has 1 fully saturated rings. The van der Waals surface area contributed by atoms with Crippen molar-refractivity contribution < 1.29 is 9.53 Å². The Balaban J connectivity index is 2.44. The van der Waals surface area contributed by atoms with Gasteiger partial charge in [0, 0.05) is 13.1 Å². The van der Waals surface area contributed by atoms with Gasteiger partial charge in [-0.05, 0) is 34.2 Å². The first-order valence-electron chi connectivity index (χ1n) is 5.05. The van der Waals surface area contributed by atoms with E-state index in [-0.39, 0.29) is 6.09 Å². The summed E-state index contributed by atoms with van der Waals surface area (Å²) >= 11 is 0. The van der Waals surface area contributed by atoms with Gasteiger partial charge in [-0.1, -0.05) is 0 Å². The topological polar surface area (TPSA) is 32.8 Å². The SMILES string of the molecule is CN1CCCN(C(=O)OC(C)(C)C)C1. The molecule has 4 nitrogen and oxygen atoms in total. The van der Waals surface area contributed by atoms with Crippen LogP contribution in [0.25, 0.3) is 0 Å². The van der Waals surface area contributed by atoms with Crippen LogP contribution in [0.4, 0.5) is 4.79 Å². The number of carbonyl (C=O) groups excluding carboxylic acids is 1. The van der Waals surface area contributed by atoms with Crippen LogP contribution in [0, 0.1) is 0 Å². The second kappa shape index (κ2) is 4.17. The Labute approximate surface area is 85.8 Å². The van der Waals surface area contributed by atoms with Gasteiger partial charge in [-0.15, -0.1) is 0 Å². The molecule has 1 heterocycles. The highest BCUT2D eigenvalue weighted by molar-refractivity contribution is 5.68. The Bertz CT molecular complexity index is 211. The van der Waals surface area contributed by atoms with Crippen molar-refractivity contribution in [3.8, 4) is 0 Å². The monoisotopic (exact) mass is 200 g/mol. The normalized spacial score (nSPS) is 19.6. The van der Waals surface area contributed by atoms with Crippen LogP contribution in [-0.4, -0.2) is 48.3 Å². The van der Waals surface area contributed by atoms with E-state index in [0.717, 1.165) is 19.5 Å². The van der Waals surface area contributed by atoms with Crippen LogP contribution in [0.1, 0.15) is 27.2 Å². The van der Waals surface area contributed by atoms with Gasteiger partial charge >= 0.3 is 6.09 Å². The minimum atomic E-state index is -0.396. The molecule has 0 N–H and O–H groups in total. The summed E-state index contributed by atoms with van der Waals surface area (Å²) in [4.78, 5) is 15.5. The van der Waals surface area contributed by atoms with Gasteiger partial charge in [0.15, 0.2) is 0 Å². The lowest BCUT2D eigenvalue weighted by Crippen LogP contribution is -2.47. The fourth-order valence-electron chi connectivity index (χ4n) is 1.44. The van der Waals surface area contributed by atoms with E-state index in [0.29, 0.717) is 6.67 Å². The third-order valence-corrected chi connectivity index (χ3v) is 2.03. The van der Waals surface area contributed by atoms with Gasteiger partial charge in [-0.3, -0.25) is 9.80 Å². The molecular formula is C10H20N2O2. The third-order valence-electron chi connectivity index (χ3n) is 2.03. The highest BCUT2D eigenvalue weighted by atomic mass is 16.6. The first kappa shape index (κ1) is 11.3. The summed E-state index contributed by atoms with van der Waals surface area (Å²) in [6.45, 7) is 8.20. The first-order valence-corrected chi connectivity index (χ1v) is 5.05. The summed E-state index contributed by atoms with van der Waals surface area (Å²) in [6, 6.07) is 0. The molecule has 1 amide bonds. The van der Waals surface area contributed by atoms with E-state index in [1.165, 1.54) is 0 Å². The van der Waals surface area contributed by atoms with Gasteiger partial charge in [-0.2, -0.15) is 0 Å². The zero-order chi connectivity index (χ0) is 10.8. The quantitative estimate of drug-likeness (QED) is 0.594. The number of carbonyl (C=O) groups is 1. The molecule has 1 rings (SSSR count). The third kappa shape index (κ3) is 3.54. The van der Waals surface area contributed by atoms with Crippen molar-refractivity contribution in [3.05, 3.63) is 0 Å². The van der Waals surface area contributed by atoms with Crippen molar-refractivity contribution in [1.29, 1.82) is 0 Å². The fraction of sp³-hybridized carbons (Fsp3) is 0.900. The molecular weight excluding hydrogens is 180 g/mol. The summed E-state index contributed by atoms with van der Waals surface area (Å²) in [5, 5.41) is 0. The average Bonchev–Trinajstić information content (AvgIpc) is 2.01. The van der Waals surface area contributed by atoms with Crippen LogP contribution >= 0.6 is 0 Å². The second-order valence-corrected chi connectivity index (χ2v) is 4.82. The molecule has 1 saturated heterocycles. The number of hydrogen-bond donors (Lipinski definition) is 0. The van der Waals surface area contributed by atoms with Gasteiger partial charge in [-0.25, -0.2) is 4.79 Å². The minimum absolute atomic E-state index is 0.205. The van der Waals surface area contributed by atoms with Crippen LogP contribution in [0.3, 0.4) is 0 Å². The average molecular weight is 200 g/mol. The van der Waals surface area contributed by atoms with Crippen molar-refractivity contribution in [2.24, 2.45) is 0 Å². The zero-order valence-corrected chi connectivity index (χ0v) is 9.54. The van der Waals surface area contributed by atoms with E-state index in [2.05, 4.69) is 4.90 Å². The smallest absolute Gasteiger partial charge is 0.411 e. The lowest BCUT2D eigenvalue weighted by atomic mass is 10.2. The Morgan fingerprint density at radius 1 is 1.29 bits per heavy atom. The molecule has 0 saturated carbocycles. The standard InChI is InChI=1S/C10H20N2O2/c1-10(2,3)14-9(13)12-7-5-6-11(4)8-12/h5-8H2,1-4H3. The Hall–Kier alpha value is -0.770. The molecule has 0 aromatic heterocycles. The Morgan fingerprint density at radius 3 is 2.43 bits per heavy atom. The van der Waals surface area contributed by atoms with Crippen LogP contribution < -0.4 is 0 Å². The molecule has 0 spiro atoms. The number of rotatable bonds is 0. The maximum absolute atomic E-state index is 11.6. The Morgan fingerprint density at radius 2 is 1.93 bits per heavy atom. The molecule has 4 heteroatoms. The van der Waals surface area contributed by atoms with Gasteiger partial charge in [0.25, 0.3) is 0 Å². The van der Waals surface area contributed by atoms with Gasteiger partial charge < -0.3 is 4.74 Å². The summed E-state index contributed by atoms with van der Waals surface area (Å²) < 4.78 is 5.29. The lowest BCUT2D eigenvalue weighted by molar-refractivity contribution is 0.00651. The number of amides is 1. The van der Waals surface area contributed by atoms with Crippen LogP contribution in [-0.2, 0) is 4.74 Å². The van der Waals surface area contributed by atoms with E-state index >= 15 is 0 Å². The highest BCUT2D eigenvalue weighted by Crippen LogP contribution is 2.12. The summed E-state index contributed by atoms with van der Waals surface area (Å²) in [5.41, 5.74) is -0.396. The molecule has 1 aliphatic rings. The molecule has 14 heavy (non-hydrogen) atoms. The van der Waals surface area contributed by atoms with Crippen LogP contribution in [0.15, 0.2) is 0 Å². The van der Waals surface area contributed by atoms with Gasteiger partial charge in [0.05, 0.1) is 6.67 Å². The number of nitrogens with zero attached hydrogens (tertiary/aromatic N) is 2. The maximum Gasteiger partial charge on any atom is 0.411 e. The predicted octanol–water partition coefficient (Wildman–Crippen LogP) is 1.52. The number of ether oxygens (including phenoxy) is 1. The van der Waals surface area contributed by atoms with E-state index in [1.807, 2.05) is 27.8 Å². The molecule has 0 aromatic carbocycles. The van der Waals surface area contributed by atoms with E-state index in [4.69, 9.17) is 4.74 Å². The number of hydrogen-bond acceptors (Lipinski definition) is 3. The first-order chi connectivity index (χ1) is 6.38. The molecule has 0 atom stereocenters. The molecule has 82 valence electrons. The largest absolute Gasteiger partial charge is 0.444 e. The van der Waals surface area contributed by atoms with Crippen LogP contribution in [0.2, 0.25) is 0 Å². The minimum Gasteiger partial charge on any atom is -0.444 e. The maximum atomic E-state index is 11.6. The molecule has 0 aliphatic carbocycles. The van der Waals surface area contributed by atoms with Gasteiger partial charge in [0.2, 0.25) is 0 Å². The molecule has 0 aromatic rings. The van der Waals surface area contributed by atoms with E-state index in [1.54, 1.807) is 4.90 Å². The summed E-state index contributed by atoms with van der Waals surface area (Å²) in [5.74, 6) is 0. The van der Waals surface area contributed by atoms with E-state index < -0.39 is 5.60 Å². The molecule has 0 bridgehead atoms. The molecule has 0 radical (unpaired) electrons. The van der Waals surface area contributed by atoms with Crippen molar-refractivity contribution in [2.45, 2.75) is 32.8 Å². The highest BCUT2D eigenvalue weighted by Gasteiger charge is 2.24. The van der Waals surface area contributed by atoms with E-state index in [9.17, 15) is 4.79 Å². The summed E-state index contributed by atoms with van der Waals surface area (Å²) in [6.07, 6.45) is 0.819. The van der Waals surface area contributed by atoms with Gasteiger partial charge in [0.1, 0.15) is 5.60 Å². The van der Waals surface area contributed by atoms with Crippen molar-refractivity contribution >= 4 is 6.09 Å². The van der Waals surface area contributed by atoms with Crippen molar-refractivity contribution in [3.63, 3.8) is 0 Å². The Kier molecular flexibility index (Phi) is 3.37. The molecule has 0 unspecified atom stereocenters. The second-order valence-electron chi connectivity index (χ2n) is 4.82. The fourth-order valence-corrected chi connectivity index (χ4v) is 1.44. The van der Waals surface area contributed by atoms with Crippen LogP contribution in [0.5, 0.6) is 0 Å². The molecule has 1 aliphatic heterocycles. The predicted molar refractivity (Wildman–Crippen MR) is 55.1 cm³/mol. The van der Waals surface area contributed by atoms with Crippen molar-refractivity contribution in [1.82, 2.24) is 9.80 Å². The lowest BCUT2D eigenvalue weighted by Gasteiger charge is -2.34. The zero-order valence-electron chi connectivity index (χ0n) is 9.54.